The van der Waals surface area contributed by atoms with Gasteiger partial charge in [0.05, 0.1) is 11.4 Å². The summed E-state index contributed by atoms with van der Waals surface area (Å²) in [5, 5.41) is 4.50. The van der Waals surface area contributed by atoms with Gasteiger partial charge in [-0.3, -0.25) is 4.57 Å². The number of nitrogens with zero attached hydrogens (tertiary/aromatic N) is 4. The van der Waals surface area contributed by atoms with Crippen molar-refractivity contribution in [2.24, 2.45) is 0 Å². The molecule has 5 nitrogen and oxygen atoms in total. The molecule has 3 rings (SSSR count). The van der Waals surface area contributed by atoms with Crippen molar-refractivity contribution in [2.45, 2.75) is 27.3 Å². The highest BCUT2D eigenvalue weighted by atomic mass is 79.9. The molecule has 0 atom stereocenters. The van der Waals surface area contributed by atoms with E-state index in [1.165, 1.54) is 5.56 Å². The molecule has 2 aromatic heterocycles. The molecule has 0 amide bonds. The predicted molar refractivity (Wildman–Crippen MR) is 84.1 cm³/mol. The fourth-order valence-corrected chi connectivity index (χ4v) is 2.75. The SMILES string of the molecule is CCn1nc(C)c2nc(N)n(-c3ccc(C)c(Br)c3)c21. The highest BCUT2D eigenvalue weighted by Gasteiger charge is 2.18. The third-order valence-corrected chi connectivity index (χ3v) is 4.30. The predicted octanol–water partition coefficient (Wildman–Crippen LogP) is 3.20. The van der Waals surface area contributed by atoms with Crippen LogP contribution in [0.2, 0.25) is 0 Å². The second-order valence-corrected chi connectivity index (χ2v) is 5.67. The Morgan fingerprint density at radius 2 is 2.05 bits per heavy atom. The molecule has 0 fully saturated rings. The van der Waals surface area contributed by atoms with E-state index in [2.05, 4.69) is 52.0 Å². The van der Waals surface area contributed by atoms with Gasteiger partial charge >= 0.3 is 0 Å². The molecule has 104 valence electrons. The number of aryl methyl sites for hydroxylation is 3. The molecule has 3 aromatic rings. The number of rotatable bonds is 2. The van der Waals surface area contributed by atoms with E-state index < -0.39 is 0 Å². The van der Waals surface area contributed by atoms with Crippen LogP contribution >= 0.6 is 15.9 Å². The molecule has 0 spiro atoms. The summed E-state index contributed by atoms with van der Waals surface area (Å²) in [6.07, 6.45) is 0. The van der Waals surface area contributed by atoms with E-state index in [0.717, 1.165) is 33.6 Å². The highest BCUT2D eigenvalue weighted by Crippen LogP contribution is 2.27. The van der Waals surface area contributed by atoms with Crippen LogP contribution in [0.1, 0.15) is 18.2 Å². The third-order valence-electron chi connectivity index (χ3n) is 3.45. The molecule has 0 saturated heterocycles. The molecule has 2 N–H and O–H groups in total. The first-order valence-electron chi connectivity index (χ1n) is 6.50. The molecule has 20 heavy (non-hydrogen) atoms. The summed E-state index contributed by atoms with van der Waals surface area (Å²) in [6, 6.07) is 6.15. The van der Waals surface area contributed by atoms with Gasteiger partial charge in [-0.1, -0.05) is 22.0 Å². The van der Waals surface area contributed by atoms with Crippen molar-refractivity contribution < 1.29 is 0 Å². The first-order chi connectivity index (χ1) is 9.52. The second kappa shape index (κ2) is 4.63. The lowest BCUT2D eigenvalue weighted by Crippen LogP contribution is -2.06. The van der Waals surface area contributed by atoms with E-state index in [1.54, 1.807) is 0 Å². The van der Waals surface area contributed by atoms with Gasteiger partial charge in [0.25, 0.3) is 0 Å². The van der Waals surface area contributed by atoms with Gasteiger partial charge in [0, 0.05) is 11.0 Å². The normalized spacial score (nSPS) is 11.4. The van der Waals surface area contributed by atoms with Crippen molar-refractivity contribution in [1.82, 2.24) is 19.3 Å². The van der Waals surface area contributed by atoms with Crippen molar-refractivity contribution >= 4 is 33.0 Å². The summed E-state index contributed by atoms with van der Waals surface area (Å²) in [5.74, 6) is 0.485. The van der Waals surface area contributed by atoms with Crippen molar-refractivity contribution in [3.8, 4) is 5.69 Å². The maximum absolute atomic E-state index is 6.11. The van der Waals surface area contributed by atoms with Crippen LogP contribution in [0.5, 0.6) is 0 Å². The number of nitrogen functional groups attached to an aromatic ring is 1. The summed E-state index contributed by atoms with van der Waals surface area (Å²) < 4.78 is 4.93. The zero-order valence-corrected chi connectivity index (χ0v) is 13.3. The van der Waals surface area contributed by atoms with Crippen LogP contribution in [0.15, 0.2) is 22.7 Å². The van der Waals surface area contributed by atoms with Crippen molar-refractivity contribution in [1.29, 1.82) is 0 Å². The number of hydrogen-bond donors (Lipinski definition) is 1. The van der Waals surface area contributed by atoms with E-state index >= 15 is 0 Å². The monoisotopic (exact) mass is 333 g/mol. The summed E-state index contributed by atoms with van der Waals surface area (Å²) in [7, 11) is 0. The molecule has 0 bridgehead atoms. The number of halogens is 1. The van der Waals surface area contributed by atoms with Gasteiger partial charge in [-0.05, 0) is 38.5 Å². The molecule has 1 aromatic carbocycles. The molecular weight excluding hydrogens is 318 g/mol. The Balaban J connectivity index is 2.34. The number of benzene rings is 1. The molecule has 0 unspecified atom stereocenters. The fraction of sp³-hybridized carbons (Fsp3) is 0.286. The first-order valence-corrected chi connectivity index (χ1v) is 7.30. The lowest BCUT2D eigenvalue weighted by Gasteiger charge is -2.09. The Morgan fingerprint density at radius 3 is 2.70 bits per heavy atom. The minimum Gasteiger partial charge on any atom is -0.369 e. The maximum atomic E-state index is 6.11. The standard InChI is InChI=1S/C14H16BrN5/c1-4-19-13-12(9(3)18-19)17-14(16)20(13)10-6-5-8(2)11(15)7-10/h5-7H,4H2,1-3H3,(H2,16,17). The number of fused-ring (bicyclic) bond motifs is 1. The molecule has 2 heterocycles. The van der Waals surface area contributed by atoms with Crippen molar-refractivity contribution in [3.63, 3.8) is 0 Å². The quantitative estimate of drug-likeness (QED) is 0.783. The van der Waals surface area contributed by atoms with Crippen LogP contribution in [0, 0.1) is 13.8 Å². The minimum atomic E-state index is 0.485. The highest BCUT2D eigenvalue weighted by molar-refractivity contribution is 9.10. The lowest BCUT2D eigenvalue weighted by atomic mass is 10.2. The number of aromatic nitrogens is 4. The molecule has 6 heteroatoms. The second-order valence-electron chi connectivity index (χ2n) is 4.81. The largest absolute Gasteiger partial charge is 0.369 e. The van der Waals surface area contributed by atoms with E-state index in [9.17, 15) is 0 Å². The zero-order valence-electron chi connectivity index (χ0n) is 11.7. The van der Waals surface area contributed by atoms with E-state index in [-0.39, 0.29) is 0 Å². The molecule has 0 aliphatic carbocycles. The van der Waals surface area contributed by atoms with Gasteiger partial charge in [0.15, 0.2) is 5.65 Å². The Hall–Kier alpha value is -1.82. The summed E-state index contributed by atoms with van der Waals surface area (Å²) in [6.45, 7) is 6.85. The Kier molecular flexibility index (Phi) is 3.05. The van der Waals surface area contributed by atoms with Gasteiger partial charge in [0.1, 0.15) is 5.52 Å². The van der Waals surface area contributed by atoms with Crippen LogP contribution in [0.25, 0.3) is 16.9 Å². The van der Waals surface area contributed by atoms with Crippen molar-refractivity contribution in [2.75, 3.05) is 5.73 Å². The van der Waals surface area contributed by atoms with Crippen LogP contribution in [-0.4, -0.2) is 19.3 Å². The molecule has 0 aliphatic rings. The first kappa shape index (κ1) is 13.2. The van der Waals surface area contributed by atoms with Gasteiger partial charge in [-0.25, -0.2) is 9.67 Å². The molecule has 0 radical (unpaired) electrons. The number of anilines is 1. The average molecular weight is 334 g/mol. The molecular formula is C14H16BrN5. The number of imidazole rings is 1. The average Bonchev–Trinajstić information content (AvgIpc) is 2.90. The van der Waals surface area contributed by atoms with E-state index in [1.807, 2.05) is 22.2 Å². The van der Waals surface area contributed by atoms with Crippen LogP contribution in [0.3, 0.4) is 0 Å². The Labute approximate surface area is 125 Å². The van der Waals surface area contributed by atoms with Crippen LogP contribution in [-0.2, 0) is 6.54 Å². The van der Waals surface area contributed by atoms with Gasteiger partial charge in [0.2, 0.25) is 5.95 Å². The lowest BCUT2D eigenvalue weighted by molar-refractivity contribution is 0.663. The number of hydrogen-bond acceptors (Lipinski definition) is 3. The summed E-state index contributed by atoms with van der Waals surface area (Å²) in [5.41, 5.74) is 11.0. The van der Waals surface area contributed by atoms with Gasteiger partial charge in [-0.2, -0.15) is 5.10 Å². The van der Waals surface area contributed by atoms with Gasteiger partial charge < -0.3 is 5.73 Å². The maximum Gasteiger partial charge on any atom is 0.207 e. The smallest absolute Gasteiger partial charge is 0.207 e. The third kappa shape index (κ3) is 1.83. The van der Waals surface area contributed by atoms with Crippen LogP contribution < -0.4 is 5.73 Å². The van der Waals surface area contributed by atoms with E-state index in [4.69, 9.17) is 5.73 Å². The van der Waals surface area contributed by atoms with Crippen molar-refractivity contribution in [3.05, 3.63) is 33.9 Å². The molecule has 0 aliphatic heterocycles. The summed E-state index contributed by atoms with van der Waals surface area (Å²) in [4.78, 5) is 4.45. The van der Waals surface area contributed by atoms with Crippen LogP contribution in [0.4, 0.5) is 5.95 Å². The van der Waals surface area contributed by atoms with E-state index in [0.29, 0.717) is 5.95 Å². The zero-order chi connectivity index (χ0) is 14.4. The minimum absolute atomic E-state index is 0.485. The Morgan fingerprint density at radius 1 is 1.30 bits per heavy atom. The molecule has 0 saturated carbocycles. The number of nitrogens with two attached hydrogens (primary N) is 1. The fourth-order valence-electron chi connectivity index (χ4n) is 2.38. The summed E-state index contributed by atoms with van der Waals surface area (Å²) >= 11 is 3.56. The topological polar surface area (TPSA) is 61.7 Å². The van der Waals surface area contributed by atoms with Gasteiger partial charge in [-0.15, -0.1) is 0 Å². The Bertz CT molecular complexity index is 800.